The molecule has 2 aromatic heterocycles. The van der Waals surface area contributed by atoms with E-state index in [4.69, 9.17) is 32.7 Å². The Bertz CT molecular complexity index is 1360. The smallest absolute Gasteiger partial charge is 0.159 e. The highest BCUT2D eigenvalue weighted by atomic mass is 79.9. The molecule has 4 aromatic rings. The van der Waals surface area contributed by atoms with Crippen LogP contribution >= 0.6 is 39.1 Å². The molecule has 0 saturated carbocycles. The molecule has 0 aliphatic rings. The highest BCUT2D eigenvalue weighted by Crippen LogP contribution is 2.32. The minimum Gasteiger partial charge on any atom is -0.385 e. The summed E-state index contributed by atoms with van der Waals surface area (Å²) >= 11 is 15.9. The maximum absolute atomic E-state index is 11.5. The van der Waals surface area contributed by atoms with Crippen LogP contribution < -0.4 is 0 Å². The number of ketones is 2. The lowest BCUT2D eigenvalue weighted by atomic mass is 10.1. The molecule has 0 aliphatic heterocycles. The van der Waals surface area contributed by atoms with E-state index in [1.165, 1.54) is 13.8 Å². The zero-order valence-electron chi connectivity index (χ0n) is 22.1. The van der Waals surface area contributed by atoms with Crippen LogP contribution in [0.5, 0.6) is 0 Å². The third-order valence-corrected chi connectivity index (χ3v) is 7.14. The van der Waals surface area contributed by atoms with Gasteiger partial charge in [-0.1, -0.05) is 23.2 Å². The molecular weight excluding hydrogens is 595 g/mol. The molecule has 0 aliphatic carbocycles. The van der Waals surface area contributed by atoms with Gasteiger partial charge in [0.25, 0.3) is 0 Å². The number of rotatable bonds is 10. The summed E-state index contributed by atoms with van der Waals surface area (Å²) in [6.07, 6.45) is 1.72. The molecule has 0 bridgehead atoms. The lowest BCUT2D eigenvalue weighted by Gasteiger charge is -2.05. The molecule has 0 unspecified atom stereocenters. The number of aryl methyl sites for hydroxylation is 3. The second-order valence-corrected chi connectivity index (χ2v) is 10.4. The largest absolute Gasteiger partial charge is 0.385 e. The normalized spacial score (nSPS) is 11.2. The fraction of sp³-hybridized carbons (Fsp3) is 0.407. The van der Waals surface area contributed by atoms with Gasteiger partial charge in [-0.15, -0.1) is 0 Å². The Morgan fingerprint density at radius 3 is 1.74 bits per heavy atom. The van der Waals surface area contributed by atoms with E-state index < -0.39 is 0 Å². The van der Waals surface area contributed by atoms with Crippen LogP contribution in [0, 0.1) is 6.92 Å². The number of carbonyl (C=O) groups excluding carboxylic acids is 2. The zero-order chi connectivity index (χ0) is 28.0. The van der Waals surface area contributed by atoms with Gasteiger partial charge in [0.15, 0.2) is 11.6 Å². The van der Waals surface area contributed by atoms with E-state index in [-0.39, 0.29) is 11.6 Å². The van der Waals surface area contributed by atoms with Crippen molar-refractivity contribution < 1.29 is 19.1 Å². The molecule has 4 rings (SSSR count). The van der Waals surface area contributed by atoms with Crippen molar-refractivity contribution in [3.63, 3.8) is 0 Å². The third-order valence-electron chi connectivity index (χ3n) is 5.99. The summed E-state index contributed by atoms with van der Waals surface area (Å²) < 4.78 is 14.5. The number of nitrogens with zero attached hydrogens (tertiary/aromatic N) is 4. The van der Waals surface area contributed by atoms with Crippen LogP contribution in [0.1, 0.15) is 53.1 Å². The molecule has 0 atom stereocenters. The van der Waals surface area contributed by atoms with Gasteiger partial charge in [-0.2, -0.15) is 10.2 Å². The van der Waals surface area contributed by atoms with Crippen molar-refractivity contribution in [2.75, 3.05) is 27.4 Å². The minimum absolute atomic E-state index is 0.00564. The van der Waals surface area contributed by atoms with Gasteiger partial charge < -0.3 is 9.47 Å². The van der Waals surface area contributed by atoms with E-state index in [1.807, 2.05) is 28.4 Å². The number of Topliss-reactive ketones (excluding diaryl/α,β-unsaturated/α-hetero) is 2. The molecule has 8 nitrogen and oxygen atoms in total. The molecule has 0 spiro atoms. The van der Waals surface area contributed by atoms with Crippen LogP contribution in [0.3, 0.4) is 0 Å². The SMILES string of the molecule is COCCCn1nc(Br)c2c(Cl)cc(C(C)=O)cc21.COCCCn1nc(C)c2c(Cl)cc(C(C)=O)cc21. The summed E-state index contributed by atoms with van der Waals surface area (Å²) in [4.78, 5) is 23.0. The second kappa shape index (κ2) is 13.7. The first kappa shape index (κ1) is 30.2. The first-order chi connectivity index (χ1) is 18.1. The summed E-state index contributed by atoms with van der Waals surface area (Å²) in [6.45, 7) is 7.80. The van der Waals surface area contributed by atoms with Crippen LogP contribution in [0.15, 0.2) is 28.9 Å². The van der Waals surface area contributed by atoms with Gasteiger partial charge >= 0.3 is 0 Å². The summed E-state index contributed by atoms with van der Waals surface area (Å²) in [5, 5.41) is 11.8. The van der Waals surface area contributed by atoms with Crippen LogP contribution in [-0.2, 0) is 22.6 Å². The van der Waals surface area contributed by atoms with Crippen molar-refractivity contribution in [2.45, 2.75) is 46.7 Å². The molecule has 0 saturated heterocycles. The first-order valence-corrected chi connectivity index (χ1v) is 13.7. The number of ether oxygens (including phenoxy) is 2. The van der Waals surface area contributed by atoms with E-state index >= 15 is 0 Å². The highest BCUT2D eigenvalue weighted by Gasteiger charge is 2.15. The maximum atomic E-state index is 11.5. The van der Waals surface area contributed by atoms with Crippen LogP contribution in [0.4, 0.5) is 0 Å². The van der Waals surface area contributed by atoms with Gasteiger partial charge in [-0.3, -0.25) is 19.0 Å². The topological polar surface area (TPSA) is 88.2 Å². The van der Waals surface area contributed by atoms with Gasteiger partial charge in [0.1, 0.15) is 4.60 Å². The van der Waals surface area contributed by atoms with Gasteiger partial charge in [0.2, 0.25) is 0 Å². The van der Waals surface area contributed by atoms with Crippen molar-refractivity contribution in [2.24, 2.45) is 0 Å². The zero-order valence-corrected chi connectivity index (χ0v) is 25.2. The molecular formula is C27H31BrCl2N4O4. The quantitative estimate of drug-likeness (QED) is 0.140. The lowest BCUT2D eigenvalue weighted by molar-refractivity contribution is 0.100. The Labute approximate surface area is 240 Å². The van der Waals surface area contributed by atoms with Crippen LogP contribution in [0.2, 0.25) is 10.0 Å². The molecule has 2 aromatic carbocycles. The number of carbonyl (C=O) groups is 2. The third kappa shape index (κ3) is 7.01. The number of methoxy groups -OCH3 is 2. The lowest BCUT2D eigenvalue weighted by Crippen LogP contribution is -2.03. The van der Waals surface area contributed by atoms with Crippen molar-refractivity contribution in [3.8, 4) is 0 Å². The Kier molecular flexibility index (Phi) is 10.9. The molecule has 204 valence electrons. The molecule has 11 heteroatoms. The fourth-order valence-electron chi connectivity index (χ4n) is 4.11. The van der Waals surface area contributed by atoms with E-state index in [0.717, 1.165) is 46.9 Å². The standard InChI is InChI=1S/C14H17ClN2O2.C13H14BrClN2O2/c1-9-14-12(15)7-11(10(2)18)8-13(14)17(16-9)5-4-6-19-3;1-8(18)9-6-10(15)12-11(7-9)17(16-13(12)14)4-3-5-19-2/h7-8H,4-6H2,1-3H3;6-7H,3-5H2,1-2H3. The van der Waals surface area contributed by atoms with E-state index in [0.29, 0.717) is 45.5 Å². The Balaban J connectivity index is 0.000000211. The second-order valence-electron chi connectivity index (χ2n) is 8.83. The van der Waals surface area contributed by atoms with E-state index in [1.54, 1.807) is 26.4 Å². The molecule has 0 radical (unpaired) electrons. The minimum atomic E-state index is -0.00966. The number of hydrogen-bond donors (Lipinski definition) is 0. The van der Waals surface area contributed by atoms with Crippen LogP contribution in [0.25, 0.3) is 21.8 Å². The molecule has 0 fully saturated rings. The molecule has 2 heterocycles. The van der Waals surface area contributed by atoms with Gasteiger partial charge in [0.05, 0.1) is 32.2 Å². The van der Waals surface area contributed by atoms with Gasteiger partial charge in [-0.05, 0) is 73.8 Å². The summed E-state index contributed by atoms with van der Waals surface area (Å²) in [5.41, 5.74) is 3.86. The Hall–Kier alpha value is -2.30. The summed E-state index contributed by atoms with van der Waals surface area (Å²) in [5.74, 6) is -0.00402. The number of hydrogen-bond acceptors (Lipinski definition) is 6. The van der Waals surface area contributed by atoms with Gasteiger partial charge in [0, 0.05) is 57.0 Å². The van der Waals surface area contributed by atoms with Crippen molar-refractivity contribution in [1.29, 1.82) is 0 Å². The van der Waals surface area contributed by atoms with Crippen molar-refractivity contribution in [3.05, 3.63) is 55.7 Å². The maximum Gasteiger partial charge on any atom is 0.159 e. The average molecular weight is 626 g/mol. The van der Waals surface area contributed by atoms with Crippen molar-refractivity contribution >= 4 is 72.5 Å². The molecule has 0 amide bonds. The predicted octanol–water partition coefficient (Wildman–Crippen LogP) is 6.93. The molecule has 38 heavy (non-hydrogen) atoms. The van der Waals surface area contributed by atoms with Gasteiger partial charge in [-0.25, -0.2) is 0 Å². The number of fused-ring (bicyclic) bond motifs is 2. The predicted molar refractivity (Wildman–Crippen MR) is 155 cm³/mol. The average Bonchev–Trinajstić information content (AvgIpc) is 3.36. The van der Waals surface area contributed by atoms with E-state index in [9.17, 15) is 9.59 Å². The summed E-state index contributed by atoms with van der Waals surface area (Å²) in [6, 6.07) is 7.07. The Morgan fingerprint density at radius 1 is 0.816 bits per heavy atom. The summed E-state index contributed by atoms with van der Waals surface area (Å²) in [7, 11) is 3.35. The highest BCUT2D eigenvalue weighted by molar-refractivity contribution is 9.10. The number of benzene rings is 2. The monoisotopic (exact) mass is 624 g/mol. The molecule has 0 N–H and O–H groups in total. The fourth-order valence-corrected chi connectivity index (χ4v) is 5.49. The number of aromatic nitrogens is 4. The Morgan fingerprint density at radius 2 is 1.26 bits per heavy atom. The van der Waals surface area contributed by atoms with E-state index in [2.05, 4.69) is 26.1 Å². The number of halogens is 3. The van der Waals surface area contributed by atoms with Crippen LogP contribution in [-0.4, -0.2) is 58.6 Å². The first-order valence-electron chi connectivity index (χ1n) is 12.1. The van der Waals surface area contributed by atoms with Crippen molar-refractivity contribution in [1.82, 2.24) is 19.6 Å².